The first-order valence-corrected chi connectivity index (χ1v) is 7.02. The molecular formula is C14H30NaO. The number of unbranched alkanes of at least 4 members (excludes halogenated alkanes) is 11. The minimum absolute atomic E-state index is 0. The fourth-order valence-corrected chi connectivity index (χ4v) is 1.95. The Hall–Kier alpha value is 0.960. The molecule has 0 aromatic heterocycles. The van der Waals surface area contributed by atoms with E-state index in [-0.39, 0.29) is 29.6 Å². The van der Waals surface area contributed by atoms with Gasteiger partial charge in [0.1, 0.15) is 0 Å². The molecule has 2 heteroatoms. The van der Waals surface area contributed by atoms with Crippen molar-refractivity contribution in [3.05, 3.63) is 0 Å². The molecule has 0 aromatic carbocycles. The van der Waals surface area contributed by atoms with E-state index in [1.54, 1.807) is 0 Å². The van der Waals surface area contributed by atoms with Crippen LogP contribution >= 0.6 is 0 Å². The number of hydrogen-bond acceptors (Lipinski definition) is 1. The minimum Gasteiger partial charge on any atom is -0.396 e. The Labute approximate surface area is 125 Å². The van der Waals surface area contributed by atoms with Gasteiger partial charge in [-0.3, -0.25) is 0 Å². The molecule has 0 fully saturated rings. The quantitative estimate of drug-likeness (QED) is 0.396. The predicted molar refractivity (Wildman–Crippen MR) is 73.9 cm³/mol. The van der Waals surface area contributed by atoms with E-state index in [9.17, 15) is 0 Å². The van der Waals surface area contributed by atoms with Crippen molar-refractivity contribution in [2.24, 2.45) is 0 Å². The summed E-state index contributed by atoms with van der Waals surface area (Å²) in [5, 5.41) is 8.61. The number of hydrogen-bond donors (Lipinski definition) is 1. The van der Waals surface area contributed by atoms with E-state index in [2.05, 4.69) is 6.92 Å². The molecule has 1 N–H and O–H groups in total. The molecule has 0 rings (SSSR count). The summed E-state index contributed by atoms with van der Waals surface area (Å²) in [5.41, 5.74) is 0. The second kappa shape index (κ2) is 18.3. The molecule has 0 bridgehead atoms. The summed E-state index contributed by atoms with van der Waals surface area (Å²) >= 11 is 0. The van der Waals surface area contributed by atoms with Crippen molar-refractivity contribution in [3.8, 4) is 0 Å². The van der Waals surface area contributed by atoms with Crippen LogP contribution in [0.15, 0.2) is 0 Å². The Bertz CT molecular complexity index is 94.9. The maximum Gasteiger partial charge on any atom is 0.0431 e. The van der Waals surface area contributed by atoms with Crippen molar-refractivity contribution in [3.63, 3.8) is 0 Å². The van der Waals surface area contributed by atoms with Crippen LogP contribution in [0.3, 0.4) is 0 Å². The van der Waals surface area contributed by atoms with Gasteiger partial charge in [0.05, 0.1) is 0 Å². The molecule has 0 aromatic rings. The Kier molecular flexibility index (Phi) is 22.1. The van der Waals surface area contributed by atoms with Crippen molar-refractivity contribution in [1.29, 1.82) is 0 Å². The van der Waals surface area contributed by atoms with Crippen LogP contribution in [0.25, 0.3) is 0 Å². The molecule has 16 heavy (non-hydrogen) atoms. The largest absolute Gasteiger partial charge is 0.396 e. The van der Waals surface area contributed by atoms with Crippen LogP contribution in [-0.2, 0) is 0 Å². The maximum atomic E-state index is 8.61. The summed E-state index contributed by atoms with van der Waals surface area (Å²) < 4.78 is 0. The van der Waals surface area contributed by atoms with Crippen molar-refractivity contribution >= 4 is 29.6 Å². The monoisotopic (exact) mass is 237 g/mol. The molecule has 0 amide bonds. The van der Waals surface area contributed by atoms with Crippen LogP contribution in [0.2, 0.25) is 0 Å². The minimum atomic E-state index is 0. The molecule has 0 saturated carbocycles. The van der Waals surface area contributed by atoms with Crippen molar-refractivity contribution in [2.75, 3.05) is 6.61 Å². The Morgan fingerprint density at radius 2 is 0.875 bits per heavy atom. The number of aliphatic hydroxyl groups is 1. The van der Waals surface area contributed by atoms with E-state index in [0.29, 0.717) is 6.61 Å². The van der Waals surface area contributed by atoms with Gasteiger partial charge in [0.25, 0.3) is 0 Å². The fourth-order valence-electron chi connectivity index (χ4n) is 1.95. The molecule has 0 spiro atoms. The zero-order chi connectivity index (χ0) is 11.2. The summed E-state index contributed by atoms with van der Waals surface area (Å²) in [4.78, 5) is 0. The average Bonchev–Trinajstić information content (AvgIpc) is 2.26. The summed E-state index contributed by atoms with van der Waals surface area (Å²) in [6.45, 7) is 2.64. The smallest absolute Gasteiger partial charge is 0.0431 e. The summed E-state index contributed by atoms with van der Waals surface area (Å²) in [6, 6.07) is 0. The number of aliphatic hydroxyl groups excluding tert-OH is 1. The summed E-state index contributed by atoms with van der Waals surface area (Å²) in [7, 11) is 0. The van der Waals surface area contributed by atoms with Gasteiger partial charge in [-0.15, -0.1) is 0 Å². The first-order chi connectivity index (χ1) is 7.41. The topological polar surface area (TPSA) is 20.2 Å². The van der Waals surface area contributed by atoms with Gasteiger partial charge in [-0.05, 0) is 6.42 Å². The van der Waals surface area contributed by atoms with E-state index in [1.165, 1.54) is 70.6 Å². The normalized spacial score (nSPS) is 10.1. The Morgan fingerprint density at radius 3 is 1.19 bits per heavy atom. The van der Waals surface area contributed by atoms with E-state index in [0.717, 1.165) is 6.42 Å². The van der Waals surface area contributed by atoms with Crippen LogP contribution in [-0.4, -0.2) is 41.3 Å². The second-order valence-corrected chi connectivity index (χ2v) is 4.61. The van der Waals surface area contributed by atoms with E-state index in [1.807, 2.05) is 0 Å². The molecule has 0 unspecified atom stereocenters. The first-order valence-electron chi connectivity index (χ1n) is 7.02. The van der Waals surface area contributed by atoms with Gasteiger partial charge in [0.15, 0.2) is 0 Å². The maximum absolute atomic E-state index is 8.61. The third-order valence-corrected chi connectivity index (χ3v) is 3.01. The molecule has 1 nitrogen and oxygen atoms in total. The van der Waals surface area contributed by atoms with Gasteiger partial charge in [-0.1, -0.05) is 77.6 Å². The zero-order valence-electron chi connectivity index (χ0n) is 11.6. The third-order valence-electron chi connectivity index (χ3n) is 3.01. The van der Waals surface area contributed by atoms with Crippen molar-refractivity contribution in [2.45, 2.75) is 84.0 Å². The molecule has 93 valence electrons. The van der Waals surface area contributed by atoms with Crippen LogP contribution in [0.1, 0.15) is 84.0 Å². The van der Waals surface area contributed by atoms with Gasteiger partial charge in [-0.25, -0.2) is 0 Å². The molecular weight excluding hydrogens is 207 g/mol. The van der Waals surface area contributed by atoms with Crippen LogP contribution < -0.4 is 0 Å². The zero-order valence-corrected chi connectivity index (χ0v) is 13.6. The molecule has 0 heterocycles. The summed E-state index contributed by atoms with van der Waals surface area (Å²) in [5.74, 6) is 0. The van der Waals surface area contributed by atoms with Gasteiger partial charge in [-0.2, -0.15) is 0 Å². The SMILES string of the molecule is CCCCCCCCCCCCCCO.[Na]. The van der Waals surface area contributed by atoms with Crippen molar-refractivity contribution in [1.82, 2.24) is 0 Å². The van der Waals surface area contributed by atoms with Crippen molar-refractivity contribution < 1.29 is 5.11 Å². The molecule has 0 atom stereocenters. The van der Waals surface area contributed by atoms with Crippen LogP contribution in [0, 0.1) is 0 Å². The van der Waals surface area contributed by atoms with E-state index < -0.39 is 0 Å². The number of rotatable bonds is 12. The van der Waals surface area contributed by atoms with Crippen LogP contribution in [0.5, 0.6) is 0 Å². The molecule has 0 saturated heterocycles. The second-order valence-electron chi connectivity index (χ2n) is 4.61. The van der Waals surface area contributed by atoms with E-state index in [4.69, 9.17) is 5.11 Å². The van der Waals surface area contributed by atoms with Gasteiger partial charge in [0.2, 0.25) is 0 Å². The third kappa shape index (κ3) is 17.4. The predicted octanol–water partition coefficient (Wildman–Crippen LogP) is 4.30. The molecule has 1 radical (unpaired) electrons. The average molecular weight is 237 g/mol. The molecule has 0 aliphatic carbocycles. The van der Waals surface area contributed by atoms with Gasteiger partial charge >= 0.3 is 0 Å². The standard InChI is InChI=1S/C14H30O.Na/c1-2-3-4-5-6-7-8-9-10-11-12-13-14-15;/h15H,2-14H2,1H3;. The van der Waals surface area contributed by atoms with E-state index >= 15 is 0 Å². The Morgan fingerprint density at radius 1 is 0.562 bits per heavy atom. The fraction of sp³-hybridized carbons (Fsp3) is 1.00. The molecule has 0 aliphatic rings. The Balaban J connectivity index is 0. The van der Waals surface area contributed by atoms with Crippen LogP contribution in [0.4, 0.5) is 0 Å². The van der Waals surface area contributed by atoms with Gasteiger partial charge < -0.3 is 5.11 Å². The molecule has 0 aliphatic heterocycles. The van der Waals surface area contributed by atoms with Gasteiger partial charge in [0, 0.05) is 36.2 Å². The first kappa shape index (κ1) is 19.3. The summed E-state index contributed by atoms with van der Waals surface area (Å²) in [6.07, 6.45) is 16.2.